The number of aryl methyl sites for hydroxylation is 1. The van der Waals surface area contributed by atoms with Gasteiger partial charge in [-0.15, -0.1) is 11.3 Å². The molecule has 0 unspecified atom stereocenters. The monoisotopic (exact) mass is 417 g/mol. The molecule has 4 rings (SSSR count). The maximum atomic E-state index is 13.0. The maximum Gasteiger partial charge on any atom is 0.292 e. The minimum absolute atomic E-state index is 0.109. The average molecular weight is 418 g/mol. The van der Waals surface area contributed by atoms with Crippen LogP contribution in [0.2, 0.25) is 0 Å². The van der Waals surface area contributed by atoms with Crippen LogP contribution in [0.15, 0.2) is 76.6 Å². The van der Waals surface area contributed by atoms with Gasteiger partial charge in [0, 0.05) is 24.2 Å². The molecule has 152 valence electrons. The van der Waals surface area contributed by atoms with Crippen LogP contribution >= 0.6 is 11.3 Å². The number of rotatable bonds is 6. The molecule has 0 bridgehead atoms. The molecular weight excluding hydrogens is 394 g/mol. The average Bonchev–Trinajstić information content (AvgIpc) is 3.43. The van der Waals surface area contributed by atoms with Crippen LogP contribution in [0.1, 0.15) is 57.0 Å². The molecule has 2 aromatic heterocycles. The minimum atomic E-state index is -0.214. The molecule has 0 aliphatic heterocycles. The maximum absolute atomic E-state index is 13.0. The Balaban J connectivity index is 1.63. The number of hydrogen-bond acceptors (Lipinski definition) is 5. The number of aromatic nitrogens is 2. The minimum Gasteiger partial charge on any atom is -0.351 e. The van der Waals surface area contributed by atoms with Crippen LogP contribution in [0.3, 0.4) is 0 Å². The second-order valence-corrected chi connectivity index (χ2v) is 8.18. The standard InChI is InChI=1S/C24H23N3O2S/c1-16-15-30-23(25-16)17(2)27(3)24(28)21-14-20(26-29-21)22(18-10-6-4-7-11-18)19-12-8-5-9-13-19/h4-15,17,22H,1-3H3/t17-/m1/s1. The molecule has 2 aromatic carbocycles. The molecule has 0 radical (unpaired) electrons. The van der Waals surface area contributed by atoms with E-state index in [2.05, 4.69) is 34.4 Å². The van der Waals surface area contributed by atoms with Crippen molar-refractivity contribution in [1.29, 1.82) is 0 Å². The summed E-state index contributed by atoms with van der Waals surface area (Å²) in [6, 6.07) is 21.8. The number of nitrogens with zero attached hydrogens (tertiary/aromatic N) is 3. The number of carbonyl (C=O) groups is 1. The van der Waals surface area contributed by atoms with Crippen molar-refractivity contribution >= 4 is 17.2 Å². The molecule has 0 fully saturated rings. The normalized spacial score (nSPS) is 12.1. The fourth-order valence-corrected chi connectivity index (χ4v) is 4.33. The van der Waals surface area contributed by atoms with Crippen LogP contribution in [0, 0.1) is 6.92 Å². The number of carbonyl (C=O) groups excluding carboxylic acids is 1. The molecule has 30 heavy (non-hydrogen) atoms. The summed E-state index contributed by atoms with van der Waals surface area (Å²) in [5.41, 5.74) is 3.85. The zero-order chi connectivity index (χ0) is 21.1. The Morgan fingerprint density at radius 2 is 1.63 bits per heavy atom. The highest BCUT2D eigenvalue weighted by molar-refractivity contribution is 7.09. The van der Waals surface area contributed by atoms with Gasteiger partial charge in [-0.25, -0.2) is 4.98 Å². The van der Waals surface area contributed by atoms with Crippen LogP contribution in [0.4, 0.5) is 0 Å². The topological polar surface area (TPSA) is 59.2 Å². The van der Waals surface area contributed by atoms with Gasteiger partial charge in [0.1, 0.15) is 5.01 Å². The van der Waals surface area contributed by atoms with E-state index in [1.165, 1.54) is 0 Å². The van der Waals surface area contributed by atoms with Crippen LogP contribution in [-0.2, 0) is 0 Å². The molecule has 1 amide bonds. The fourth-order valence-electron chi connectivity index (χ4n) is 3.43. The van der Waals surface area contributed by atoms with Crippen molar-refractivity contribution in [2.24, 2.45) is 0 Å². The summed E-state index contributed by atoms with van der Waals surface area (Å²) in [5.74, 6) is -0.0968. The van der Waals surface area contributed by atoms with E-state index < -0.39 is 0 Å². The first kappa shape index (κ1) is 20.0. The largest absolute Gasteiger partial charge is 0.351 e. The van der Waals surface area contributed by atoms with Gasteiger partial charge in [0.15, 0.2) is 0 Å². The summed E-state index contributed by atoms with van der Waals surface area (Å²) in [5, 5.41) is 7.16. The van der Waals surface area contributed by atoms with Crippen molar-refractivity contribution < 1.29 is 9.32 Å². The summed E-state index contributed by atoms with van der Waals surface area (Å²) in [6.07, 6.45) is 0. The predicted molar refractivity (Wildman–Crippen MR) is 118 cm³/mol. The Kier molecular flexibility index (Phi) is 5.77. The van der Waals surface area contributed by atoms with E-state index in [1.807, 2.05) is 55.6 Å². The van der Waals surface area contributed by atoms with E-state index in [0.717, 1.165) is 21.8 Å². The van der Waals surface area contributed by atoms with Crippen molar-refractivity contribution in [3.63, 3.8) is 0 Å². The Morgan fingerprint density at radius 3 is 2.17 bits per heavy atom. The van der Waals surface area contributed by atoms with Crippen molar-refractivity contribution in [2.45, 2.75) is 25.8 Å². The predicted octanol–water partition coefficient (Wildman–Crippen LogP) is 5.45. The second-order valence-electron chi connectivity index (χ2n) is 7.29. The van der Waals surface area contributed by atoms with Gasteiger partial charge in [0.2, 0.25) is 5.76 Å². The third-order valence-electron chi connectivity index (χ3n) is 5.20. The Bertz CT molecular complexity index is 1080. The number of benzene rings is 2. The third-order valence-corrected chi connectivity index (χ3v) is 6.33. The summed E-state index contributed by atoms with van der Waals surface area (Å²) >= 11 is 1.55. The van der Waals surface area contributed by atoms with Gasteiger partial charge in [-0.1, -0.05) is 65.8 Å². The molecule has 0 saturated heterocycles. The molecule has 0 saturated carbocycles. The van der Waals surface area contributed by atoms with Crippen LogP contribution < -0.4 is 0 Å². The smallest absolute Gasteiger partial charge is 0.292 e. The van der Waals surface area contributed by atoms with Gasteiger partial charge in [0.25, 0.3) is 5.91 Å². The molecule has 4 aromatic rings. The van der Waals surface area contributed by atoms with E-state index in [4.69, 9.17) is 4.52 Å². The van der Waals surface area contributed by atoms with Gasteiger partial charge < -0.3 is 9.42 Å². The lowest BCUT2D eigenvalue weighted by Gasteiger charge is -2.21. The Hall–Kier alpha value is -3.25. The molecule has 5 nitrogen and oxygen atoms in total. The lowest BCUT2D eigenvalue weighted by atomic mass is 9.88. The highest BCUT2D eigenvalue weighted by atomic mass is 32.1. The van der Waals surface area contributed by atoms with E-state index in [1.54, 1.807) is 29.4 Å². The number of amides is 1. The fraction of sp³-hybridized carbons (Fsp3) is 0.208. The Morgan fingerprint density at radius 1 is 1.03 bits per heavy atom. The van der Waals surface area contributed by atoms with E-state index >= 15 is 0 Å². The van der Waals surface area contributed by atoms with Gasteiger partial charge in [-0.05, 0) is 25.0 Å². The lowest BCUT2D eigenvalue weighted by molar-refractivity contribution is 0.0700. The van der Waals surface area contributed by atoms with Gasteiger partial charge in [-0.2, -0.15) is 0 Å². The molecule has 0 N–H and O–H groups in total. The second kappa shape index (κ2) is 8.63. The summed E-state index contributed by atoms with van der Waals surface area (Å²) in [6.45, 7) is 3.91. The van der Waals surface area contributed by atoms with Crippen molar-refractivity contribution in [3.8, 4) is 0 Å². The van der Waals surface area contributed by atoms with E-state index in [9.17, 15) is 4.79 Å². The molecule has 2 heterocycles. The zero-order valence-corrected chi connectivity index (χ0v) is 18.0. The van der Waals surface area contributed by atoms with Crippen molar-refractivity contribution in [3.05, 3.63) is 105 Å². The lowest BCUT2D eigenvalue weighted by Crippen LogP contribution is -2.29. The highest BCUT2D eigenvalue weighted by Crippen LogP contribution is 2.32. The first-order valence-electron chi connectivity index (χ1n) is 9.80. The number of hydrogen-bond donors (Lipinski definition) is 0. The summed E-state index contributed by atoms with van der Waals surface area (Å²) < 4.78 is 5.50. The van der Waals surface area contributed by atoms with E-state index in [-0.39, 0.29) is 23.6 Å². The molecule has 0 aliphatic carbocycles. The van der Waals surface area contributed by atoms with Crippen LogP contribution in [0.5, 0.6) is 0 Å². The zero-order valence-electron chi connectivity index (χ0n) is 17.1. The molecule has 1 atom stereocenters. The number of thiazole rings is 1. The first-order chi connectivity index (χ1) is 14.5. The third kappa shape index (κ3) is 4.04. The van der Waals surface area contributed by atoms with E-state index in [0.29, 0.717) is 5.69 Å². The van der Waals surface area contributed by atoms with Crippen molar-refractivity contribution in [2.75, 3.05) is 7.05 Å². The van der Waals surface area contributed by atoms with Gasteiger partial charge in [0.05, 0.1) is 17.7 Å². The van der Waals surface area contributed by atoms with Crippen LogP contribution in [-0.4, -0.2) is 28.0 Å². The van der Waals surface area contributed by atoms with Gasteiger partial charge in [-0.3, -0.25) is 4.79 Å². The summed E-state index contributed by atoms with van der Waals surface area (Å²) in [4.78, 5) is 19.2. The molecule has 0 aliphatic rings. The SMILES string of the molecule is Cc1csc([C@@H](C)N(C)C(=O)c2cc(C(c3ccccc3)c3ccccc3)no2)n1. The van der Waals surface area contributed by atoms with Gasteiger partial charge >= 0.3 is 0 Å². The highest BCUT2D eigenvalue weighted by Gasteiger charge is 2.27. The molecular formula is C24H23N3O2S. The first-order valence-corrected chi connectivity index (χ1v) is 10.7. The van der Waals surface area contributed by atoms with Crippen molar-refractivity contribution in [1.82, 2.24) is 15.0 Å². The molecule has 6 heteroatoms. The summed E-state index contributed by atoms with van der Waals surface area (Å²) in [7, 11) is 1.76. The van der Waals surface area contributed by atoms with Crippen LogP contribution in [0.25, 0.3) is 0 Å². The quantitative estimate of drug-likeness (QED) is 0.418. The molecule has 0 spiro atoms. The Labute approximate surface area is 180 Å².